The van der Waals surface area contributed by atoms with Crippen LogP contribution < -0.4 is 20.5 Å². The van der Waals surface area contributed by atoms with E-state index in [2.05, 4.69) is 5.32 Å². The average Bonchev–Trinajstić information content (AvgIpc) is 2.38. The zero-order valence-corrected chi connectivity index (χ0v) is 11.9. The molecule has 1 rings (SSSR count). The quantitative estimate of drug-likeness (QED) is 0.826. The van der Waals surface area contributed by atoms with Gasteiger partial charge in [0.1, 0.15) is 11.5 Å². The van der Waals surface area contributed by atoms with Crippen molar-refractivity contribution >= 4 is 11.6 Å². The fourth-order valence-electron chi connectivity index (χ4n) is 1.68. The summed E-state index contributed by atoms with van der Waals surface area (Å²) in [5.74, 6) is 1.16. The van der Waals surface area contributed by atoms with E-state index in [1.54, 1.807) is 32.4 Å². The van der Waals surface area contributed by atoms with Gasteiger partial charge in [-0.15, -0.1) is 0 Å². The molecule has 0 aromatic heterocycles. The van der Waals surface area contributed by atoms with E-state index in [9.17, 15) is 4.79 Å². The molecule has 1 amide bonds. The van der Waals surface area contributed by atoms with Crippen molar-refractivity contribution in [1.29, 1.82) is 0 Å². The Hall–Kier alpha value is -1.75. The van der Waals surface area contributed by atoms with Crippen LogP contribution in [-0.4, -0.2) is 26.7 Å². The number of hydrogen-bond acceptors (Lipinski definition) is 4. The fraction of sp³-hybridized carbons (Fsp3) is 0.500. The van der Waals surface area contributed by atoms with E-state index in [1.807, 2.05) is 13.8 Å². The number of ether oxygens (including phenoxy) is 2. The van der Waals surface area contributed by atoms with Gasteiger partial charge in [0, 0.05) is 11.5 Å². The number of benzene rings is 1. The van der Waals surface area contributed by atoms with Crippen LogP contribution in [0.3, 0.4) is 0 Å². The Morgan fingerprint density at radius 3 is 2.53 bits per heavy atom. The molecule has 0 spiro atoms. The zero-order chi connectivity index (χ0) is 14.5. The van der Waals surface area contributed by atoms with Crippen molar-refractivity contribution in [3.8, 4) is 11.5 Å². The van der Waals surface area contributed by atoms with Crippen LogP contribution in [-0.2, 0) is 4.79 Å². The van der Waals surface area contributed by atoms with Crippen molar-refractivity contribution in [3.63, 3.8) is 0 Å². The van der Waals surface area contributed by atoms with E-state index >= 15 is 0 Å². The second-order valence-electron chi connectivity index (χ2n) is 4.94. The summed E-state index contributed by atoms with van der Waals surface area (Å²) in [4.78, 5) is 12.2. The van der Waals surface area contributed by atoms with Gasteiger partial charge < -0.3 is 20.5 Å². The molecule has 106 valence electrons. The molecule has 0 saturated carbocycles. The van der Waals surface area contributed by atoms with Gasteiger partial charge >= 0.3 is 0 Å². The molecular formula is C14H22N2O3. The molecule has 0 aliphatic rings. The van der Waals surface area contributed by atoms with Crippen LogP contribution in [0.1, 0.15) is 20.3 Å². The summed E-state index contributed by atoms with van der Waals surface area (Å²) >= 11 is 0. The van der Waals surface area contributed by atoms with Crippen LogP contribution in [0.15, 0.2) is 18.2 Å². The highest BCUT2D eigenvalue weighted by molar-refractivity contribution is 5.96. The molecule has 19 heavy (non-hydrogen) atoms. The Labute approximate surface area is 114 Å². The van der Waals surface area contributed by atoms with E-state index in [1.165, 1.54) is 0 Å². The molecule has 0 bridgehead atoms. The molecule has 0 heterocycles. The van der Waals surface area contributed by atoms with Crippen LogP contribution in [0.25, 0.3) is 0 Å². The fourth-order valence-corrected chi connectivity index (χ4v) is 1.68. The van der Waals surface area contributed by atoms with Gasteiger partial charge in [-0.2, -0.15) is 0 Å². The summed E-state index contributed by atoms with van der Waals surface area (Å²) in [6.07, 6.45) is 0.616. The van der Waals surface area contributed by atoms with Crippen molar-refractivity contribution in [3.05, 3.63) is 18.2 Å². The number of amides is 1. The first-order valence-corrected chi connectivity index (χ1v) is 6.18. The van der Waals surface area contributed by atoms with Crippen LogP contribution in [0.2, 0.25) is 0 Å². The first-order valence-electron chi connectivity index (χ1n) is 6.18. The lowest BCUT2D eigenvalue weighted by atomic mass is 9.88. The van der Waals surface area contributed by atoms with E-state index in [-0.39, 0.29) is 5.91 Å². The molecule has 5 nitrogen and oxygen atoms in total. The maximum absolute atomic E-state index is 12.2. The Balaban J connectivity index is 2.94. The topological polar surface area (TPSA) is 73.6 Å². The van der Waals surface area contributed by atoms with Gasteiger partial charge in [-0.3, -0.25) is 4.79 Å². The standard InChI is InChI=1S/C14H22N2O3/c1-14(2,7-8-15)13(17)16-11-9-10(18-3)5-6-12(11)19-4/h5-6,9H,7-8,15H2,1-4H3,(H,16,17). The van der Waals surface area contributed by atoms with E-state index in [0.717, 1.165) is 0 Å². The third kappa shape index (κ3) is 3.86. The molecule has 0 aliphatic carbocycles. The number of anilines is 1. The normalized spacial score (nSPS) is 11.0. The summed E-state index contributed by atoms with van der Waals surface area (Å²) < 4.78 is 10.4. The third-order valence-corrected chi connectivity index (χ3v) is 3.04. The summed E-state index contributed by atoms with van der Waals surface area (Å²) in [6, 6.07) is 5.26. The number of methoxy groups -OCH3 is 2. The smallest absolute Gasteiger partial charge is 0.230 e. The second-order valence-corrected chi connectivity index (χ2v) is 4.94. The molecule has 1 aromatic carbocycles. The molecule has 0 fully saturated rings. The number of carbonyl (C=O) groups excluding carboxylic acids is 1. The molecule has 0 aliphatic heterocycles. The van der Waals surface area contributed by atoms with Crippen molar-refractivity contribution < 1.29 is 14.3 Å². The Kier molecular flexibility index (Phi) is 5.18. The van der Waals surface area contributed by atoms with E-state index in [4.69, 9.17) is 15.2 Å². The molecule has 0 radical (unpaired) electrons. The Bertz CT molecular complexity index is 444. The van der Waals surface area contributed by atoms with E-state index in [0.29, 0.717) is 30.2 Å². The van der Waals surface area contributed by atoms with Crippen LogP contribution in [0.4, 0.5) is 5.69 Å². The van der Waals surface area contributed by atoms with Crippen LogP contribution in [0, 0.1) is 5.41 Å². The Morgan fingerprint density at radius 1 is 1.32 bits per heavy atom. The predicted octanol–water partition coefficient (Wildman–Crippen LogP) is 2.02. The monoisotopic (exact) mass is 266 g/mol. The van der Waals surface area contributed by atoms with Gasteiger partial charge in [-0.05, 0) is 25.1 Å². The lowest BCUT2D eigenvalue weighted by Gasteiger charge is -2.23. The van der Waals surface area contributed by atoms with Crippen molar-refractivity contribution in [2.24, 2.45) is 11.1 Å². The molecule has 5 heteroatoms. The maximum atomic E-state index is 12.2. The highest BCUT2D eigenvalue weighted by atomic mass is 16.5. The van der Waals surface area contributed by atoms with Gasteiger partial charge in [0.05, 0.1) is 19.9 Å². The highest BCUT2D eigenvalue weighted by Crippen LogP contribution is 2.31. The number of hydrogen-bond donors (Lipinski definition) is 2. The average molecular weight is 266 g/mol. The third-order valence-electron chi connectivity index (χ3n) is 3.04. The van der Waals surface area contributed by atoms with Crippen LogP contribution in [0.5, 0.6) is 11.5 Å². The van der Waals surface area contributed by atoms with Crippen LogP contribution >= 0.6 is 0 Å². The maximum Gasteiger partial charge on any atom is 0.230 e. The molecular weight excluding hydrogens is 244 g/mol. The minimum Gasteiger partial charge on any atom is -0.497 e. The molecule has 3 N–H and O–H groups in total. The molecule has 0 atom stereocenters. The largest absolute Gasteiger partial charge is 0.497 e. The lowest BCUT2D eigenvalue weighted by Crippen LogP contribution is -2.32. The van der Waals surface area contributed by atoms with E-state index < -0.39 is 5.41 Å². The minimum absolute atomic E-state index is 0.0931. The SMILES string of the molecule is COc1ccc(OC)c(NC(=O)C(C)(C)CCN)c1. The summed E-state index contributed by atoms with van der Waals surface area (Å²) in [5, 5.41) is 2.86. The van der Waals surface area contributed by atoms with Crippen molar-refractivity contribution in [2.75, 3.05) is 26.1 Å². The first-order chi connectivity index (χ1) is 8.94. The summed E-state index contributed by atoms with van der Waals surface area (Å²) in [5.41, 5.74) is 5.59. The highest BCUT2D eigenvalue weighted by Gasteiger charge is 2.27. The predicted molar refractivity (Wildman–Crippen MR) is 75.6 cm³/mol. The zero-order valence-electron chi connectivity index (χ0n) is 11.9. The van der Waals surface area contributed by atoms with Gasteiger partial charge in [-0.25, -0.2) is 0 Å². The van der Waals surface area contributed by atoms with Crippen molar-refractivity contribution in [2.45, 2.75) is 20.3 Å². The minimum atomic E-state index is -0.525. The molecule has 0 unspecified atom stereocenters. The number of nitrogens with one attached hydrogen (secondary N) is 1. The van der Waals surface area contributed by atoms with Gasteiger partial charge in [-0.1, -0.05) is 13.8 Å². The van der Waals surface area contributed by atoms with Gasteiger partial charge in [0.15, 0.2) is 0 Å². The first kappa shape index (κ1) is 15.3. The number of rotatable bonds is 6. The lowest BCUT2D eigenvalue weighted by molar-refractivity contribution is -0.124. The number of carbonyl (C=O) groups is 1. The summed E-state index contributed by atoms with van der Waals surface area (Å²) in [7, 11) is 3.13. The number of nitrogens with two attached hydrogens (primary N) is 1. The van der Waals surface area contributed by atoms with Crippen molar-refractivity contribution in [1.82, 2.24) is 0 Å². The van der Waals surface area contributed by atoms with Gasteiger partial charge in [0.25, 0.3) is 0 Å². The Morgan fingerprint density at radius 2 is 2.00 bits per heavy atom. The second kappa shape index (κ2) is 6.43. The molecule has 0 saturated heterocycles. The summed E-state index contributed by atoms with van der Waals surface area (Å²) in [6.45, 7) is 4.19. The molecule has 1 aromatic rings. The van der Waals surface area contributed by atoms with Gasteiger partial charge in [0.2, 0.25) is 5.91 Å².